The number of hydrogen-bond donors (Lipinski definition) is 3. The molecule has 0 aliphatic rings. The Bertz CT molecular complexity index is 421. The van der Waals surface area contributed by atoms with Crippen molar-refractivity contribution in [2.24, 2.45) is 0 Å². The van der Waals surface area contributed by atoms with Gasteiger partial charge >= 0.3 is 12.3 Å². The highest BCUT2D eigenvalue weighted by Gasteiger charge is 2.31. The topological polar surface area (TPSA) is 61.4 Å². The molecule has 0 saturated carbocycles. The van der Waals surface area contributed by atoms with Gasteiger partial charge < -0.3 is 5.11 Å². The number of carbonyl (C=O) groups is 1. The fourth-order valence-corrected chi connectivity index (χ4v) is 1.44. The number of carboxylic acid groups (broad SMARTS) is 1. The van der Waals surface area contributed by atoms with Gasteiger partial charge in [-0.1, -0.05) is 0 Å². The summed E-state index contributed by atoms with van der Waals surface area (Å²) in [4.78, 5) is 10.3. The Morgan fingerprint density at radius 2 is 1.71 bits per heavy atom. The fraction of sp³-hybridized carbons (Fsp3) is 0.300. The molecule has 0 aliphatic heterocycles. The highest BCUT2D eigenvalue weighted by atomic mass is 19.4. The summed E-state index contributed by atoms with van der Waals surface area (Å²) < 4.78 is 37.4. The first kappa shape index (κ1) is 13.1. The van der Waals surface area contributed by atoms with Crippen LogP contribution in [0.4, 0.5) is 23.7 Å². The van der Waals surface area contributed by atoms with Crippen LogP contribution in [0.2, 0.25) is 0 Å². The molecule has 0 atom stereocenters. The Labute approximate surface area is 95.4 Å². The van der Waals surface area contributed by atoms with Crippen molar-refractivity contribution in [3.63, 3.8) is 0 Å². The van der Waals surface area contributed by atoms with Gasteiger partial charge in [0.15, 0.2) is 0 Å². The molecule has 0 aromatic heterocycles. The molecule has 0 saturated heterocycles. The quantitative estimate of drug-likeness (QED) is 0.705. The van der Waals surface area contributed by atoms with E-state index in [1.807, 2.05) is 5.43 Å². The van der Waals surface area contributed by atoms with E-state index in [1.165, 1.54) is 13.8 Å². The molecule has 1 aromatic carbocycles. The van der Waals surface area contributed by atoms with E-state index in [1.54, 1.807) is 0 Å². The van der Waals surface area contributed by atoms with Crippen molar-refractivity contribution in [2.45, 2.75) is 20.0 Å². The zero-order valence-corrected chi connectivity index (χ0v) is 9.14. The van der Waals surface area contributed by atoms with Crippen LogP contribution in [0, 0.1) is 13.8 Å². The molecule has 4 nitrogen and oxygen atoms in total. The summed E-state index contributed by atoms with van der Waals surface area (Å²) in [5, 5.41) is 8.39. The van der Waals surface area contributed by atoms with Gasteiger partial charge in [-0.2, -0.15) is 13.2 Å². The van der Waals surface area contributed by atoms with Crippen LogP contribution >= 0.6 is 0 Å². The van der Waals surface area contributed by atoms with E-state index in [0.29, 0.717) is 16.8 Å². The molecule has 0 radical (unpaired) electrons. The van der Waals surface area contributed by atoms with Gasteiger partial charge in [0.05, 0.1) is 11.3 Å². The third kappa shape index (κ3) is 3.27. The molecule has 0 fully saturated rings. The first-order valence-electron chi connectivity index (χ1n) is 4.65. The second-order valence-electron chi connectivity index (χ2n) is 3.54. The van der Waals surface area contributed by atoms with Crippen molar-refractivity contribution in [2.75, 3.05) is 5.43 Å². The number of hydrogen-bond acceptors (Lipinski definition) is 2. The van der Waals surface area contributed by atoms with Crippen molar-refractivity contribution in [1.82, 2.24) is 5.43 Å². The summed E-state index contributed by atoms with van der Waals surface area (Å²) in [6.07, 6.45) is -5.72. The lowest BCUT2D eigenvalue weighted by Crippen LogP contribution is -2.28. The molecule has 0 spiro atoms. The summed E-state index contributed by atoms with van der Waals surface area (Å²) in [6, 6.07) is 1.91. The van der Waals surface area contributed by atoms with Crippen molar-refractivity contribution in [1.29, 1.82) is 0 Å². The SMILES string of the molecule is Cc1cc(C(F)(F)F)cc(C)c1NNC(=O)O. The Kier molecular flexibility index (Phi) is 3.50. The molecule has 7 heteroatoms. The average molecular weight is 248 g/mol. The number of alkyl halides is 3. The second kappa shape index (κ2) is 4.52. The van der Waals surface area contributed by atoms with E-state index in [0.717, 1.165) is 12.1 Å². The lowest BCUT2D eigenvalue weighted by atomic mass is 10.0. The largest absolute Gasteiger partial charge is 0.464 e. The standard InChI is InChI=1S/C10H11F3N2O2/c1-5-3-7(10(11,12)13)4-6(2)8(5)14-15-9(16)17/h3-4,14-15H,1-2H3,(H,16,17). The third-order valence-corrected chi connectivity index (χ3v) is 2.15. The molecule has 17 heavy (non-hydrogen) atoms. The van der Waals surface area contributed by atoms with E-state index >= 15 is 0 Å². The molecule has 3 N–H and O–H groups in total. The Balaban J connectivity index is 3.07. The predicted octanol–water partition coefficient (Wildman–Crippen LogP) is 2.92. The summed E-state index contributed by atoms with van der Waals surface area (Å²) in [5.41, 5.74) is 4.42. The maximum Gasteiger partial charge on any atom is 0.423 e. The molecule has 0 heterocycles. The number of hydrazine groups is 1. The maximum absolute atomic E-state index is 12.5. The molecule has 0 aliphatic carbocycles. The number of nitrogens with one attached hydrogen (secondary N) is 2. The van der Waals surface area contributed by atoms with E-state index in [2.05, 4.69) is 5.43 Å². The van der Waals surface area contributed by atoms with E-state index in [4.69, 9.17) is 5.11 Å². The van der Waals surface area contributed by atoms with E-state index in [9.17, 15) is 18.0 Å². The van der Waals surface area contributed by atoms with Crippen LogP contribution in [-0.2, 0) is 6.18 Å². The predicted molar refractivity (Wildman–Crippen MR) is 55.7 cm³/mol. The van der Waals surface area contributed by atoms with E-state index < -0.39 is 17.8 Å². The van der Waals surface area contributed by atoms with Crippen molar-refractivity contribution in [3.8, 4) is 0 Å². The van der Waals surface area contributed by atoms with Gasteiger partial charge in [0, 0.05) is 0 Å². The van der Waals surface area contributed by atoms with Crippen molar-refractivity contribution < 1.29 is 23.1 Å². The van der Waals surface area contributed by atoms with Gasteiger partial charge in [-0.05, 0) is 37.1 Å². The van der Waals surface area contributed by atoms with Crippen LogP contribution in [-0.4, -0.2) is 11.2 Å². The smallest absolute Gasteiger partial charge is 0.423 e. The first-order chi connectivity index (χ1) is 7.71. The fourth-order valence-electron chi connectivity index (χ4n) is 1.44. The van der Waals surface area contributed by atoms with Gasteiger partial charge in [0.1, 0.15) is 0 Å². The summed E-state index contributed by atoms with van der Waals surface area (Å²) in [5.74, 6) is 0. The van der Waals surface area contributed by atoms with Crippen molar-refractivity contribution in [3.05, 3.63) is 28.8 Å². The summed E-state index contributed by atoms with van der Waals surface area (Å²) in [6.45, 7) is 2.93. The number of rotatable bonds is 2. The van der Waals surface area contributed by atoms with Gasteiger partial charge in [0.2, 0.25) is 0 Å². The number of aryl methyl sites for hydroxylation is 2. The van der Waals surface area contributed by atoms with Crippen LogP contribution in [0.15, 0.2) is 12.1 Å². The van der Waals surface area contributed by atoms with Gasteiger partial charge in [-0.25, -0.2) is 10.2 Å². The van der Waals surface area contributed by atoms with Crippen molar-refractivity contribution >= 4 is 11.8 Å². The molecule has 94 valence electrons. The lowest BCUT2D eigenvalue weighted by Gasteiger charge is -2.15. The number of halogens is 3. The minimum absolute atomic E-state index is 0.311. The van der Waals surface area contributed by atoms with Crippen LogP contribution in [0.1, 0.15) is 16.7 Å². The van der Waals surface area contributed by atoms with Gasteiger partial charge in [-0.15, -0.1) is 0 Å². The molecule has 1 rings (SSSR count). The van der Waals surface area contributed by atoms with Gasteiger partial charge in [-0.3, -0.25) is 5.43 Å². The number of anilines is 1. The minimum Gasteiger partial charge on any atom is -0.464 e. The van der Waals surface area contributed by atoms with Gasteiger partial charge in [0.25, 0.3) is 0 Å². The second-order valence-corrected chi connectivity index (χ2v) is 3.54. The Morgan fingerprint density at radius 1 is 1.24 bits per heavy atom. The number of amides is 1. The Morgan fingerprint density at radius 3 is 2.06 bits per heavy atom. The monoisotopic (exact) mass is 248 g/mol. The molecule has 1 amide bonds. The van der Waals surface area contributed by atoms with Crippen LogP contribution in [0.5, 0.6) is 0 Å². The normalized spacial score (nSPS) is 11.1. The number of benzene rings is 1. The molecule has 0 bridgehead atoms. The zero-order valence-electron chi connectivity index (χ0n) is 9.14. The first-order valence-corrected chi connectivity index (χ1v) is 4.65. The summed E-state index contributed by atoms with van der Waals surface area (Å²) in [7, 11) is 0. The highest BCUT2D eigenvalue weighted by molar-refractivity contribution is 5.68. The van der Waals surface area contributed by atoms with E-state index in [-0.39, 0.29) is 0 Å². The van der Waals surface area contributed by atoms with Crippen LogP contribution in [0.25, 0.3) is 0 Å². The van der Waals surface area contributed by atoms with Crippen LogP contribution in [0.3, 0.4) is 0 Å². The highest BCUT2D eigenvalue weighted by Crippen LogP contribution is 2.33. The Hall–Kier alpha value is -1.92. The minimum atomic E-state index is -4.41. The maximum atomic E-state index is 12.5. The third-order valence-electron chi connectivity index (χ3n) is 2.15. The lowest BCUT2D eigenvalue weighted by molar-refractivity contribution is -0.137. The summed E-state index contributed by atoms with van der Waals surface area (Å²) >= 11 is 0. The molecule has 1 aromatic rings. The molecular weight excluding hydrogens is 237 g/mol. The zero-order chi connectivity index (χ0) is 13.2. The van der Waals surface area contributed by atoms with Crippen LogP contribution < -0.4 is 10.9 Å². The average Bonchev–Trinajstić information content (AvgIpc) is 2.14. The molecule has 0 unspecified atom stereocenters. The molecular formula is C10H11F3N2O2.